The van der Waals surface area contributed by atoms with Crippen LogP contribution in [-0.4, -0.2) is 30.8 Å². The summed E-state index contributed by atoms with van der Waals surface area (Å²) < 4.78 is 0. The first kappa shape index (κ1) is 12.8. The lowest BCUT2D eigenvalue weighted by molar-refractivity contribution is -0.901. The zero-order chi connectivity index (χ0) is 12.3. The van der Waals surface area contributed by atoms with E-state index in [0.29, 0.717) is 0 Å². The molecule has 0 aromatic heterocycles. The average Bonchev–Trinajstić information content (AvgIpc) is 2.33. The first-order valence-electron chi connectivity index (χ1n) is 7.00. The zero-order valence-electron chi connectivity index (χ0n) is 11.0. The van der Waals surface area contributed by atoms with Gasteiger partial charge in [0, 0.05) is 12.8 Å². The fraction of sp³-hybridized carbons (Fsp3) is 0.733. The van der Waals surface area contributed by atoms with E-state index in [9.17, 15) is 5.11 Å². The summed E-state index contributed by atoms with van der Waals surface area (Å²) in [6, 6.07) is 0. The summed E-state index contributed by atoms with van der Waals surface area (Å²) in [6.45, 7) is 9.71. The second-order valence-electron chi connectivity index (χ2n) is 5.84. The third-order valence-corrected chi connectivity index (χ3v) is 4.34. The predicted octanol–water partition coefficient (Wildman–Crippen LogP) is 1.33. The van der Waals surface area contributed by atoms with Crippen molar-refractivity contribution in [2.24, 2.45) is 5.92 Å². The van der Waals surface area contributed by atoms with E-state index in [1.165, 1.54) is 31.4 Å². The lowest BCUT2D eigenvalue weighted by atomic mass is 9.85. The van der Waals surface area contributed by atoms with Crippen molar-refractivity contribution >= 4 is 0 Å². The number of likely N-dealkylation sites (tertiary alicyclic amines) is 1. The van der Waals surface area contributed by atoms with Crippen molar-refractivity contribution in [2.75, 3.05) is 19.6 Å². The molecule has 17 heavy (non-hydrogen) atoms. The Hall–Kier alpha value is -0.600. The van der Waals surface area contributed by atoms with E-state index in [0.717, 1.165) is 31.8 Å². The Morgan fingerprint density at radius 2 is 2.12 bits per heavy atom. The van der Waals surface area contributed by atoms with Crippen LogP contribution in [0.5, 0.6) is 0 Å². The number of nitrogens with one attached hydrogen (secondary N) is 1. The van der Waals surface area contributed by atoms with E-state index in [1.807, 2.05) is 0 Å². The normalized spacial score (nSPS) is 34.2. The van der Waals surface area contributed by atoms with Gasteiger partial charge in [-0.15, -0.1) is 0 Å². The van der Waals surface area contributed by atoms with Crippen molar-refractivity contribution < 1.29 is 10.0 Å². The third kappa shape index (κ3) is 3.68. The molecule has 1 saturated heterocycles. The summed E-state index contributed by atoms with van der Waals surface area (Å²) in [5, 5.41) is 9.49. The molecule has 2 rings (SSSR count). The van der Waals surface area contributed by atoms with Crippen LogP contribution in [-0.2, 0) is 0 Å². The summed E-state index contributed by atoms with van der Waals surface area (Å²) in [4.78, 5) is 1.66. The molecule has 0 spiro atoms. The predicted molar refractivity (Wildman–Crippen MR) is 71.0 cm³/mol. The summed E-state index contributed by atoms with van der Waals surface area (Å²) >= 11 is 0. The summed E-state index contributed by atoms with van der Waals surface area (Å²) in [5.74, 6) is 0.719. The highest BCUT2D eigenvalue weighted by atomic mass is 16.3. The Morgan fingerprint density at radius 3 is 2.65 bits per heavy atom. The molecular weight excluding hydrogens is 210 g/mol. The van der Waals surface area contributed by atoms with Gasteiger partial charge in [-0.1, -0.05) is 18.2 Å². The van der Waals surface area contributed by atoms with E-state index in [4.69, 9.17) is 0 Å². The smallest absolute Gasteiger partial charge is 0.0987 e. The van der Waals surface area contributed by atoms with Crippen LogP contribution in [0.15, 0.2) is 23.8 Å². The molecule has 2 nitrogen and oxygen atoms in total. The van der Waals surface area contributed by atoms with Crippen LogP contribution in [0.2, 0.25) is 0 Å². The zero-order valence-corrected chi connectivity index (χ0v) is 11.0. The number of rotatable bonds is 3. The molecule has 96 valence electrons. The SMILES string of the molecule is C=C(C)[C@@H]1CC=C(C[NH+]2CCC(O)CC2)CC1. The molecule has 0 aromatic carbocycles. The summed E-state index contributed by atoms with van der Waals surface area (Å²) in [5.41, 5.74) is 2.97. The maximum absolute atomic E-state index is 9.49. The van der Waals surface area contributed by atoms with Crippen LogP contribution in [0.25, 0.3) is 0 Å². The highest BCUT2D eigenvalue weighted by Crippen LogP contribution is 2.27. The number of quaternary nitrogens is 1. The lowest BCUT2D eigenvalue weighted by Crippen LogP contribution is -3.13. The van der Waals surface area contributed by atoms with Gasteiger partial charge in [-0.05, 0) is 37.7 Å². The van der Waals surface area contributed by atoms with Gasteiger partial charge >= 0.3 is 0 Å². The van der Waals surface area contributed by atoms with Crippen LogP contribution in [0.1, 0.15) is 39.0 Å². The van der Waals surface area contributed by atoms with E-state index in [-0.39, 0.29) is 6.10 Å². The standard InChI is InChI=1S/C15H25NO/c1-12(2)14-5-3-13(4-6-14)11-16-9-7-15(17)8-10-16/h3,14-15,17H,1,4-11H2,2H3/p+1/t14-/m1/s1. The van der Waals surface area contributed by atoms with Gasteiger partial charge in [0.05, 0.1) is 25.7 Å². The van der Waals surface area contributed by atoms with Gasteiger partial charge in [0.1, 0.15) is 0 Å². The number of aliphatic hydroxyl groups excluding tert-OH is 1. The van der Waals surface area contributed by atoms with Gasteiger partial charge in [-0.2, -0.15) is 0 Å². The summed E-state index contributed by atoms with van der Waals surface area (Å²) in [7, 11) is 0. The minimum atomic E-state index is -0.0353. The summed E-state index contributed by atoms with van der Waals surface area (Å²) in [6.07, 6.45) is 8.11. The van der Waals surface area contributed by atoms with Crippen molar-refractivity contribution in [3.05, 3.63) is 23.8 Å². The molecule has 2 aliphatic rings. The number of hydrogen-bond acceptors (Lipinski definition) is 1. The Labute approximate surface area is 105 Å². The first-order chi connectivity index (χ1) is 8.15. The average molecular weight is 236 g/mol. The van der Waals surface area contributed by atoms with Crippen LogP contribution in [0.3, 0.4) is 0 Å². The molecule has 0 aromatic rings. The maximum Gasteiger partial charge on any atom is 0.0987 e. The van der Waals surface area contributed by atoms with Crippen LogP contribution >= 0.6 is 0 Å². The highest BCUT2D eigenvalue weighted by molar-refractivity contribution is 5.12. The fourth-order valence-corrected chi connectivity index (χ4v) is 3.01. The minimum Gasteiger partial charge on any atom is -0.393 e. The molecule has 0 saturated carbocycles. The molecule has 2 N–H and O–H groups in total. The van der Waals surface area contributed by atoms with Gasteiger partial charge in [-0.3, -0.25) is 0 Å². The first-order valence-corrected chi connectivity index (χ1v) is 7.00. The molecule has 0 unspecified atom stereocenters. The van der Waals surface area contributed by atoms with Crippen molar-refractivity contribution in [3.8, 4) is 0 Å². The second-order valence-corrected chi connectivity index (χ2v) is 5.84. The number of hydrogen-bond donors (Lipinski definition) is 2. The monoisotopic (exact) mass is 236 g/mol. The molecule has 0 radical (unpaired) electrons. The highest BCUT2D eigenvalue weighted by Gasteiger charge is 2.22. The number of allylic oxidation sites excluding steroid dienone is 2. The van der Waals surface area contributed by atoms with Crippen LogP contribution in [0, 0.1) is 5.92 Å². The third-order valence-electron chi connectivity index (χ3n) is 4.34. The molecular formula is C15H26NO+. The fourth-order valence-electron chi connectivity index (χ4n) is 3.01. The molecule has 1 atom stereocenters. The second kappa shape index (κ2) is 5.83. The molecule has 0 amide bonds. The van der Waals surface area contributed by atoms with Gasteiger partial charge in [-0.25, -0.2) is 0 Å². The maximum atomic E-state index is 9.49. The van der Waals surface area contributed by atoms with E-state index in [1.54, 1.807) is 10.5 Å². The minimum absolute atomic E-state index is 0.0353. The Morgan fingerprint density at radius 1 is 1.41 bits per heavy atom. The molecule has 1 heterocycles. The van der Waals surface area contributed by atoms with Gasteiger partial charge in [0.2, 0.25) is 0 Å². The van der Waals surface area contributed by atoms with Crippen molar-refractivity contribution in [1.29, 1.82) is 0 Å². The molecule has 1 fully saturated rings. The van der Waals surface area contributed by atoms with Crippen molar-refractivity contribution in [1.82, 2.24) is 0 Å². The van der Waals surface area contributed by atoms with Crippen LogP contribution in [0.4, 0.5) is 0 Å². The Bertz CT molecular complexity index is 300. The van der Waals surface area contributed by atoms with Crippen molar-refractivity contribution in [2.45, 2.75) is 45.1 Å². The van der Waals surface area contributed by atoms with E-state index in [2.05, 4.69) is 19.6 Å². The molecule has 2 heteroatoms. The topological polar surface area (TPSA) is 24.7 Å². The van der Waals surface area contributed by atoms with E-state index < -0.39 is 0 Å². The Balaban J connectivity index is 1.79. The van der Waals surface area contributed by atoms with Gasteiger partial charge in [0.15, 0.2) is 0 Å². The number of piperidine rings is 1. The number of aliphatic hydroxyl groups is 1. The molecule has 0 bridgehead atoms. The Kier molecular flexibility index (Phi) is 4.41. The molecule has 1 aliphatic carbocycles. The van der Waals surface area contributed by atoms with E-state index >= 15 is 0 Å². The van der Waals surface area contributed by atoms with Crippen molar-refractivity contribution in [3.63, 3.8) is 0 Å². The van der Waals surface area contributed by atoms with Gasteiger partial charge in [0.25, 0.3) is 0 Å². The largest absolute Gasteiger partial charge is 0.393 e. The van der Waals surface area contributed by atoms with Gasteiger partial charge < -0.3 is 10.0 Å². The van der Waals surface area contributed by atoms with Crippen LogP contribution < -0.4 is 4.90 Å². The molecule has 1 aliphatic heterocycles. The lowest BCUT2D eigenvalue weighted by Gasteiger charge is -2.29. The quantitative estimate of drug-likeness (QED) is 0.710.